The summed E-state index contributed by atoms with van der Waals surface area (Å²) in [5.41, 5.74) is 2.07. The van der Waals surface area contributed by atoms with Crippen LogP contribution in [0.1, 0.15) is 12.8 Å². The lowest BCUT2D eigenvalue weighted by molar-refractivity contribution is -0.133. The molecule has 1 aromatic carbocycles. The van der Waals surface area contributed by atoms with Crippen LogP contribution in [0.3, 0.4) is 0 Å². The topological polar surface area (TPSA) is 73.5 Å². The SMILES string of the molecule is O=C1CC[C@@H](Nc2ccccc2N2CCNCC2)C(=O)N1. The van der Waals surface area contributed by atoms with Gasteiger partial charge in [-0.1, -0.05) is 12.1 Å². The number of hydrogen-bond donors (Lipinski definition) is 3. The van der Waals surface area contributed by atoms with Crippen molar-refractivity contribution in [3.63, 3.8) is 0 Å². The molecule has 112 valence electrons. The fourth-order valence-electron chi connectivity index (χ4n) is 2.80. The van der Waals surface area contributed by atoms with E-state index in [0.717, 1.165) is 37.6 Å². The average Bonchev–Trinajstić information content (AvgIpc) is 2.51. The number of imide groups is 1. The van der Waals surface area contributed by atoms with Gasteiger partial charge in [-0.2, -0.15) is 0 Å². The van der Waals surface area contributed by atoms with E-state index in [4.69, 9.17) is 0 Å². The van der Waals surface area contributed by atoms with Crippen molar-refractivity contribution in [2.24, 2.45) is 0 Å². The highest BCUT2D eigenvalue weighted by atomic mass is 16.2. The highest BCUT2D eigenvalue weighted by Gasteiger charge is 2.27. The summed E-state index contributed by atoms with van der Waals surface area (Å²) in [5.74, 6) is -0.421. The maximum Gasteiger partial charge on any atom is 0.249 e. The van der Waals surface area contributed by atoms with Gasteiger partial charge in [0.05, 0.1) is 11.4 Å². The van der Waals surface area contributed by atoms with Crippen LogP contribution in [-0.4, -0.2) is 44.0 Å². The van der Waals surface area contributed by atoms with Crippen molar-refractivity contribution in [1.82, 2.24) is 10.6 Å². The molecule has 3 rings (SSSR count). The zero-order valence-corrected chi connectivity index (χ0v) is 11.9. The number of benzene rings is 1. The van der Waals surface area contributed by atoms with Crippen molar-refractivity contribution in [3.05, 3.63) is 24.3 Å². The summed E-state index contributed by atoms with van der Waals surface area (Å²) in [5, 5.41) is 9.01. The Morgan fingerprint density at radius 3 is 2.67 bits per heavy atom. The molecule has 0 unspecified atom stereocenters. The monoisotopic (exact) mass is 288 g/mol. The molecule has 2 aliphatic heterocycles. The van der Waals surface area contributed by atoms with Crippen LogP contribution in [0.15, 0.2) is 24.3 Å². The van der Waals surface area contributed by atoms with Crippen molar-refractivity contribution in [2.75, 3.05) is 36.4 Å². The third kappa shape index (κ3) is 3.16. The maximum atomic E-state index is 11.9. The number of anilines is 2. The molecule has 0 bridgehead atoms. The van der Waals surface area contributed by atoms with Gasteiger partial charge in [0.15, 0.2) is 0 Å². The lowest BCUT2D eigenvalue weighted by atomic mass is 10.1. The molecule has 6 heteroatoms. The lowest BCUT2D eigenvalue weighted by Crippen LogP contribution is -2.48. The largest absolute Gasteiger partial charge is 0.372 e. The first-order chi connectivity index (χ1) is 10.2. The van der Waals surface area contributed by atoms with Gasteiger partial charge in [-0.15, -0.1) is 0 Å². The van der Waals surface area contributed by atoms with Gasteiger partial charge in [0.1, 0.15) is 6.04 Å². The van der Waals surface area contributed by atoms with Crippen molar-refractivity contribution < 1.29 is 9.59 Å². The smallest absolute Gasteiger partial charge is 0.249 e. The Kier molecular flexibility index (Phi) is 4.06. The third-order valence-electron chi connectivity index (χ3n) is 3.93. The molecule has 0 radical (unpaired) electrons. The summed E-state index contributed by atoms with van der Waals surface area (Å²) in [6.45, 7) is 3.83. The molecule has 0 aliphatic carbocycles. The number of para-hydroxylation sites is 2. The lowest BCUT2D eigenvalue weighted by Gasteiger charge is -2.32. The molecular formula is C15H20N4O2. The van der Waals surface area contributed by atoms with Crippen molar-refractivity contribution in [2.45, 2.75) is 18.9 Å². The molecule has 0 aromatic heterocycles. The number of rotatable bonds is 3. The number of piperazine rings is 1. The first-order valence-electron chi connectivity index (χ1n) is 7.39. The van der Waals surface area contributed by atoms with Crippen LogP contribution in [0.5, 0.6) is 0 Å². The Bertz CT molecular complexity index is 540. The van der Waals surface area contributed by atoms with Gasteiger partial charge in [0.2, 0.25) is 11.8 Å². The van der Waals surface area contributed by atoms with Gasteiger partial charge < -0.3 is 15.5 Å². The minimum Gasteiger partial charge on any atom is -0.372 e. The molecule has 6 nitrogen and oxygen atoms in total. The molecule has 1 atom stereocenters. The number of piperidine rings is 1. The minimum absolute atomic E-state index is 0.187. The van der Waals surface area contributed by atoms with E-state index in [-0.39, 0.29) is 17.9 Å². The Labute approximate surface area is 123 Å². The number of amides is 2. The highest BCUT2D eigenvalue weighted by molar-refractivity contribution is 6.01. The molecular weight excluding hydrogens is 268 g/mol. The molecule has 2 fully saturated rings. The average molecular weight is 288 g/mol. The number of nitrogens with zero attached hydrogens (tertiary/aromatic N) is 1. The number of nitrogens with one attached hydrogen (secondary N) is 3. The van der Waals surface area contributed by atoms with E-state index < -0.39 is 0 Å². The molecule has 0 spiro atoms. The van der Waals surface area contributed by atoms with Gasteiger partial charge in [-0.25, -0.2) is 0 Å². The molecule has 3 N–H and O–H groups in total. The first-order valence-corrected chi connectivity index (χ1v) is 7.39. The van der Waals surface area contributed by atoms with Crippen LogP contribution in [-0.2, 0) is 9.59 Å². The summed E-state index contributed by atoms with van der Waals surface area (Å²) < 4.78 is 0. The van der Waals surface area contributed by atoms with Crippen LogP contribution < -0.4 is 20.9 Å². The Hall–Kier alpha value is -2.08. The van der Waals surface area contributed by atoms with Crippen molar-refractivity contribution in [1.29, 1.82) is 0 Å². The fraction of sp³-hybridized carbons (Fsp3) is 0.467. The molecule has 2 amide bonds. The first kappa shape index (κ1) is 13.9. The van der Waals surface area contributed by atoms with E-state index in [1.165, 1.54) is 0 Å². The minimum atomic E-state index is -0.341. The second-order valence-corrected chi connectivity index (χ2v) is 5.40. The second kappa shape index (κ2) is 6.13. The zero-order valence-electron chi connectivity index (χ0n) is 11.9. The standard InChI is InChI=1S/C15H20N4O2/c20-14-6-5-12(15(21)18-14)17-11-3-1-2-4-13(11)19-9-7-16-8-10-19/h1-4,12,16-17H,5-10H2,(H,18,20,21)/t12-/m1/s1. The van der Waals surface area contributed by atoms with Gasteiger partial charge in [0.25, 0.3) is 0 Å². The highest BCUT2D eigenvalue weighted by Crippen LogP contribution is 2.27. The molecule has 2 saturated heterocycles. The fourth-order valence-corrected chi connectivity index (χ4v) is 2.80. The van der Waals surface area contributed by atoms with Crippen LogP contribution in [0.25, 0.3) is 0 Å². The summed E-state index contributed by atoms with van der Waals surface area (Å²) in [4.78, 5) is 25.4. The zero-order chi connectivity index (χ0) is 14.7. The van der Waals surface area contributed by atoms with E-state index in [0.29, 0.717) is 12.8 Å². The van der Waals surface area contributed by atoms with Crippen LogP contribution in [0, 0.1) is 0 Å². The Morgan fingerprint density at radius 2 is 1.90 bits per heavy atom. The quantitative estimate of drug-likeness (QED) is 0.698. The summed E-state index contributed by atoms with van der Waals surface area (Å²) in [7, 11) is 0. The van der Waals surface area contributed by atoms with Gasteiger partial charge in [-0.3, -0.25) is 14.9 Å². The summed E-state index contributed by atoms with van der Waals surface area (Å²) in [6.07, 6.45) is 0.930. The Morgan fingerprint density at radius 1 is 1.14 bits per heavy atom. The van der Waals surface area contributed by atoms with Gasteiger partial charge in [0, 0.05) is 32.6 Å². The third-order valence-corrected chi connectivity index (χ3v) is 3.93. The molecule has 2 heterocycles. The van der Waals surface area contributed by atoms with E-state index in [1.807, 2.05) is 18.2 Å². The maximum absolute atomic E-state index is 11.9. The number of carbonyl (C=O) groups is 2. The van der Waals surface area contributed by atoms with E-state index in [1.54, 1.807) is 0 Å². The molecule has 21 heavy (non-hydrogen) atoms. The number of hydrogen-bond acceptors (Lipinski definition) is 5. The van der Waals surface area contributed by atoms with E-state index in [2.05, 4.69) is 26.9 Å². The predicted octanol–water partition coefficient (Wildman–Crippen LogP) is 0.313. The van der Waals surface area contributed by atoms with Crippen molar-refractivity contribution in [3.8, 4) is 0 Å². The normalized spacial score (nSPS) is 22.9. The van der Waals surface area contributed by atoms with E-state index >= 15 is 0 Å². The van der Waals surface area contributed by atoms with Crippen LogP contribution in [0.4, 0.5) is 11.4 Å². The van der Waals surface area contributed by atoms with Crippen LogP contribution >= 0.6 is 0 Å². The molecule has 0 saturated carbocycles. The number of carbonyl (C=O) groups excluding carboxylic acids is 2. The van der Waals surface area contributed by atoms with Crippen molar-refractivity contribution >= 4 is 23.2 Å². The molecule has 2 aliphatic rings. The second-order valence-electron chi connectivity index (χ2n) is 5.40. The Balaban J connectivity index is 1.75. The summed E-state index contributed by atoms with van der Waals surface area (Å²) in [6, 6.07) is 7.68. The van der Waals surface area contributed by atoms with E-state index in [9.17, 15) is 9.59 Å². The van der Waals surface area contributed by atoms with Crippen LogP contribution in [0.2, 0.25) is 0 Å². The van der Waals surface area contributed by atoms with Gasteiger partial charge >= 0.3 is 0 Å². The van der Waals surface area contributed by atoms with Gasteiger partial charge in [-0.05, 0) is 18.6 Å². The summed E-state index contributed by atoms with van der Waals surface area (Å²) >= 11 is 0. The predicted molar refractivity (Wildman–Crippen MR) is 81.3 cm³/mol. The molecule has 1 aromatic rings.